The van der Waals surface area contributed by atoms with Crippen molar-refractivity contribution in [2.24, 2.45) is 5.41 Å². The highest BCUT2D eigenvalue weighted by atomic mass is 16.5. The number of hydrogen-bond donors (Lipinski definition) is 0. The second-order valence-corrected chi connectivity index (χ2v) is 6.45. The molecule has 1 saturated carbocycles. The minimum Gasteiger partial charge on any atom is -0.377 e. The highest BCUT2D eigenvalue weighted by Crippen LogP contribution is 2.39. The summed E-state index contributed by atoms with van der Waals surface area (Å²) in [5.41, 5.74) is -0.719. The van der Waals surface area contributed by atoms with Crippen molar-refractivity contribution >= 4 is 5.91 Å². The monoisotopic (exact) mass is 293 g/mol. The largest absolute Gasteiger partial charge is 0.377 e. The fraction of sp³-hybridized carbons (Fsp3) is 0.875. The lowest BCUT2D eigenvalue weighted by molar-refractivity contribution is -0.140. The lowest BCUT2D eigenvalue weighted by Crippen LogP contribution is -2.53. The van der Waals surface area contributed by atoms with Crippen molar-refractivity contribution in [2.45, 2.75) is 45.6 Å². The van der Waals surface area contributed by atoms with Crippen LogP contribution in [0.4, 0.5) is 0 Å². The molecule has 2 fully saturated rings. The van der Waals surface area contributed by atoms with Gasteiger partial charge in [-0.1, -0.05) is 12.8 Å². The minimum atomic E-state index is -0.719. The summed E-state index contributed by atoms with van der Waals surface area (Å²) in [6, 6.07) is 2.31. The molecule has 0 aromatic rings. The fourth-order valence-electron chi connectivity index (χ4n) is 3.25. The van der Waals surface area contributed by atoms with Gasteiger partial charge in [-0.15, -0.1) is 0 Å². The number of ether oxygens (including phenoxy) is 1. The van der Waals surface area contributed by atoms with Gasteiger partial charge in [-0.3, -0.25) is 9.69 Å². The third-order valence-electron chi connectivity index (χ3n) is 4.60. The maximum Gasteiger partial charge on any atom is 0.243 e. The molecule has 0 N–H and O–H groups in total. The third kappa shape index (κ3) is 3.96. The Labute approximate surface area is 127 Å². The van der Waals surface area contributed by atoms with E-state index in [0.717, 1.165) is 65.0 Å². The van der Waals surface area contributed by atoms with Crippen LogP contribution in [0.1, 0.15) is 39.5 Å². The molecule has 5 nitrogen and oxygen atoms in total. The van der Waals surface area contributed by atoms with E-state index in [2.05, 4.69) is 11.0 Å². The molecule has 1 aliphatic carbocycles. The number of amides is 1. The van der Waals surface area contributed by atoms with E-state index in [1.165, 1.54) is 0 Å². The molecule has 1 saturated heterocycles. The van der Waals surface area contributed by atoms with Crippen molar-refractivity contribution in [3.8, 4) is 6.07 Å². The van der Waals surface area contributed by atoms with Crippen LogP contribution >= 0.6 is 0 Å². The Bertz CT molecular complexity index is 389. The van der Waals surface area contributed by atoms with Gasteiger partial charge in [0.1, 0.15) is 5.41 Å². The van der Waals surface area contributed by atoms with E-state index in [4.69, 9.17) is 4.74 Å². The molecular formula is C16H27N3O2. The summed E-state index contributed by atoms with van der Waals surface area (Å²) in [5, 5.41) is 9.41. The molecule has 1 heterocycles. The molecule has 0 atom stereocenters. The van der Waals surface area contributed by atoms with Gasteiger partial charge in [0.05, 0.1) is 18.8 Å². The summed E-state index contributed by atoms with van der Waals surface area (Å²) >= 11 is 0. The maximum absolute atomic E-state index is 12.6. The van der Waals surface area contributed by atoms with Crippen molar-refractivity contribution in [1.29, 1.82) is 5.26 Å². The summed E-state index contributed by atoms with van der Waals surface area (Å²) in [4.78, 5) is 16.9. The molecule has 0 bridgehead atoms. The zero-order valence-electron chi connectivity index (χ0n) is 13.3. The van der Waals surface area contributed by atoms with Gasteiger partial charge in [-0.05, 0) is 26.7 Å². The molecule has 2 rings (SSSR count). The van der Waals surface area contributed by atoms with Crippen LogP contribution in [0.3, 0.4) is 0 Å². The fourth-order valence-corrected chi connectivity index (χ4v) is 3.25. The van der Waals surface area contributed by atoms with Crippen LogP contribution in [0, 0.1) is 16.7 Å². The number of rotatable bonds is 5. The van der Waals surface area contributed by atoms with Gasteiger partial charge in [-0.2, -0.15) is 5.26 Å². The third-order valence-corrected chi connectivity index (χ3v) is 4.60. The smallest absolute Gasteiger partial charge is 0.243 e. The van der Waals surface area contributed by atoms with E-state index in [1.807, 2.05) is 18.7 Å². The Balaban J connectivity index is 1.78. The van der Waals surface area contributed by atoms with Crippen LogP contribution in [-0.2, 0) is 9.53 Å². The average Bonchev–Trinajstić information content (AvgIpc) is 2.97. The highest BCUT2D eigenvalue weighted by Gasteiger charge is 2.44. The van der Waals surface area contributed by atoms with Crippen molar-refractivity contribution in [3.05, 3.63) is 0 Å². The summed E-state index contributed by atoms with van der Waals surface area (Å²) in [5.74, 6) is 0.0700. The van der Waals surface area contributed by atoms with Gasteiger partial charge in [0.15, 0.2) is 0 Å². The summed E-state index contributed by atoms with van der Waals surface area (Å²) in [6.07, 6.45) is 3.76. The van der Waals surface area contributed by atoms with Crippen molar-refractivity contribution < 1.29 is 9.53 Å². The first-order chi connectivity index (χ1) is 10.1. The molecule has 0 aromatic heterocycles. The molecule has 5 heteroatoms. The Hall–Kier alpha value is -1.12. The van der Waals surface area contributed by atoms with Crippen molar-refractivity contribution in [2.75, 3.05) is 39.3 Å². The van der Waals surface area contributed by atoms with Gasteiger partial charge in [0, 0.05) is 32.7 Å². The highest BCUT2D eigenvalue weighted by molar-refractivity contribution is 5.86. The Morgan fingerprint density at radius 2 is 1.86 bits per heavy atom. The average molecular weight is 293 g/mol. The van der Waals surface area contributed by atoms with Gasteiger partial charge >= 0.3 is 0 Å². The molecule has 0 spiro atoms. The number of carbonyl (C=O) groups is 1. The van der Waals surface area contributed by atoms with E-state index in [-0.39, 0.29) is 12.0 Å². The molecule has 1 amide bonds. The molecule has 21 heavy (non-hydrogen) atoms. The van der Waals surface area contributed by atoms with Gasteiger partial charge in [-0.25, -0.2) is 0 Å². The molecule has 2 aliphatic rings. The topological polar surface area (TPSA) is 56.6 Å². The normalized spacial score (nSPS) is 22.5. The zero-order chi connectivity index (χ0) is 15.3. The first-order valence-corrected chi connectivity index (χ1v) is 8.12. The standard InChI is InChI=1S/C16H27N3O2/c1-14(2)21-12-11-18-7-9-19(10-8-18)15(20)16(13-17)5-3-4-6-16/h14H,3-12H2,1-2H3. The number of nitriles is 1. The minimum absolute atomic E-state index is 0.0700. The lowest BCUT2D eigenvalue weighted by Gasteiger charge is -2.37. The molecular weight excluding hydrogens is 266 g/mol. The predicted molar refractivity (Wildman–Crippen MR) is 80.6 cm³/mol. The van der Waals surface area contributed by atoms with E-state index >= 15 is 0 Å². The molecule has 1 aliphatic heterocycles. The van der Waals surface area contributed by atoms with E-state index < -0.39 is 5.41 Å². The van der Waals surface area contributed by atoms with Crippen LogP contribution in [0.15, 0.2) is 0 Å². The Morgan fingerprint density at radius 1 is 1.24 bits per heavy atom. The second kappa shape index (κ2) is 7.24. The van der Waals surface area contributed by atoms with Crippen molar-refractivity contribution in [1.82, 2.24) is 9.80 Å². The molecule has 0 unspecified atom stereocenters. The number of nitrogens with zero attached hydrogens (tertiary/aromatic N) is 3. The maximum atomic E-state index is 12.6. The number of piperazine rings is 1. The first-order valence-electron chi connectivity index (χ1n) is 8.12. The van der Waals surface area contributed by atoms with Crippen LogP contribution < -0.4 is 0 Å². The van der Waals surface area contributed by atoms with E-state index in [9.17, 15) is 10.1 Å². The van der Waals surface area contributed by atoms with E-state index in [1.54, 1.807) is 0 Å². The summed E-state index contributed by atoms with van der Waals surface area (Å²) in [6.45, 7) is 8.99. The molecule has 0 radical (unpaired) electrons. The first kappa shape index (κ1) is 16.3. The Morgan fingerprint density at radius 3 is 2.38 bits per heavy atom. The van der Waals surface area contributed by atoms with Gasteiger partial charge in [0.2, 0.25) is 5.91 Å². The summed E-state index contributed by atoms with van der Waals surface area (Å²) < 4.78 is 5.57. The SMILES string of the molecule is CC(C)OCCN1CCN(C(=O)C2(C#N)CCCC2)CC1. The molecule has 0 aromatic carbocycles. The number of carbonyl (C=O) groups excluding carboxylic acids is 1. The second-order valence-electron chi connectivity index (χ2n) is 6.45. The Kier molecular flexibility index (Phi) is 5.60. The van der Waals surface area contributed by atoms with Gasteiger partial charge in [0.25, 0.3) is 0 Å². The number of hydrogen-bond acceptors (Lipinski definition) is 4. The predicted octanol–water partition coefficient (Wildman–Crippen LogP) is 1.64. The van der Waals surface area contributed by atoms with Crippen LogP contribution in [0.25, 0.3) is 0 Å². The quantitative estimate of drug-likeness (QED) is 0.773. The van der Waals surface area contributed by atoms with Crippen LogP contribution in [0.5, 0.6) is 0 Å². The summed E-state index contributed by atoms with van der Waals surface area (Å²) in [7, 11) is 0. The van der Waals surface area contributed by atoms with E-state index in [0.29, 0.717) is 0 Å². The zero-order valence-corrected chi connectivity index (χ0v) is 13.3. The molecule has 118 valence electrons. The van der Waals surface area contributed by atoms with Crippen LogP contribution in [0.2, 0.25) is 0 Å². The van der Waals surface area contributed by atoms with Gasteiger partial charge < -0.3 is 9.64 Å². The van der Waals surface area contributed by atoms with Crippen LogP contribution in [-0.4, -0.2) is 61.1 Å². The lowest BCUT2D eigenvalue weighted by atomic mass is 9.86. The van der Waals surface area contributed by atoms with Crippen molar-refractivity contribution in [3.63, 3.8) is 0 Å².